The molecule has 0 saturated carbocycles. The topological polar surface area (TPSA) is 70.3 Å². The Bertz CT molecular complexity index is 1610. The van der Waals surface area contributed by atoms with Crippen molar-refractivity contribution >= 4 is 42.6 Å². The standard InChI is InChI=1S/C25H22N2O4S2/c1-18-8-7-13-23-24(18)19(17-32-23)16-27-22-12-6-5-11-21(22)26(25(27)28)14-15-33(29,30)31-20-9-3-2-4-10-20/h2-13,17H,14-16H2,1H3. The molecular weight excluding hydrogens is 456 g/mol. The lowest BCUT2D eigenvalue weighted by molar-refractivity contribution is 0.481. The van der Waals surface area contributed by atoms with E-state index in [9.17, 15) is 13.2 Å². The van der Waals surface area contributed by atoms with E-state index >= 15 is 0 Å². The highest BCUT2D eigenvalue weighted by molar-refractivity contribution is 7.87. The lowest BCUT2D eigenvalue weighted by Gasteiger charge is -2.07. The van der Waals surface area contributed by atoms with Crippen molar-refractivity contribution in [2.24, 2.45) is 0 Å². The fraction of sp³-hybridized carbons (Fsp3) is 0.160. The number of benzene rings is 3. The zero-order valence-electron chi connectivity index (χ0n) is 18.0. The predicted molar refractivity (Wildman–Crippen MR) is 133 cm³/mol. The molecule has 8 heteroatoms. The van der Waals surface area contributed by atoms with E-state index in [-0.39, 0.29) is 23.7 Å². The summed E-state index contributed by atoms with van der Waals surface area (Å²) in [5.74, 6) is -0.0528. The van der Waals surface area contributed by atoms with Crippen molar-refractivity contribution in [2.45, 2.75) is 20.0 Å². The molecule has 3 aromatic carbocycles. The molecule has 0 aliphatic rings. The number of aromatic nitrogens is 2. The van der Waals surface area contributed by atoms with Gasteiger partial charge in [0, 0.05) is 16.6 Å². The van der Waals surface area contributed by atoms with E-state index in [1.165, 1.54) is 20.2 Å². The van der Waals surface area contributed by atoms with Gasteiger partial charge in [-0.2, -0.15) is 8.42 Å². The third-order valence-electron chi connectivity index (χ3n) is 5.67. The minimum Gasteiger partial charge on any atom is -0.382 e. The van der Waals surface area contributed by atoms with Crippen LogP contribution in [0.25, 0.3) is 21.1 Å². The first-order valence-corrected chi connectivity index (χ1v) is 13.0. The number of rotatable bonds is 7. The third-order valence-corrected chi connectivity index (χ3v) is 7.79. The van der Waals surface area contributed by atoms with E-state index in [0.29, 0.717) is 12.1 Å². The fourth-order valence-electron chi connectivity index (χ4n) is 4.14. The molecule has 0 fully saturated rings. The maximum atomic E-state index is 13.4. The molecule has 0 amide bonds. The summed E-state index contributed by atoms with van der Waals surface area (Å²) in [4.78, 5) is 13.4. The highest BCUT2D eigenvalue weighted by Crippen LogP contribution is 2.30. The molecule has 2 heterocycles. The zero-order chi connectivity index (χ0) is 23.0. The minimum absolute atomic E-state index is 0.00489. The molecule has 0 atom stereocenters. The van der Waals surface area contributed by atoms with Crippen LogP contribution in [0.15, 0.2) is 83.0 Å². The summed E-state index contributed by atoms with van der Waals surface area (Å²) in [7, 11) is -3.86. The number of hydrogen-bond acceptors (Lipinski definition) is 5. The second-order valence-corrected chi connectivity index (χ2v) is 10.5. The summed E-state index contributed by atoms with van der Waals surface area (Å²) in [6, 6.07) is 22.0. The Balaban J connectivity index is 1.48. The van der Waals surface area contributed by atoms with Gasteiger partial charge in [-0.05, 0) is 53.8 Å². The first-order chi connectivity index (χ1) is 15.9. The number of thiophene rings is 1. The van der Waals surface area contributed by atoms with Crippen LogP contribution in [0.5, 0.6) is 5.75 Å². The van der Waals surface area contributed by atoms with Crippen LogP contribution in [-0.2, 0) is 23.2 Å². The highest BCUT2D eigenvalue weighted by Gasteiger charge is 2.19. The maximum Gasteiger partial charge on any atom is 0.329 e. The van der Waals surface area contributed by atoms with Crippen LogP contribution in [0, 0.1) is 6.92 Å². The average molecular weight is 479 g/mol. The van der Waals surface area contributed by atoms with E-state index in [1.54, 1.807) is 46.2 Å². The van der Waals surface area contributed by atoms with E-state index in [0.717, 1.165) is 11.1 Å². The van der Waals surface area contributed by atoms with Crippen LogP contribution in [0.2, 0.25) is 0 Å². The molecule has 2 aromatic heterocycles. The quantitative estimate of drug-likeness (QED) is 0.316. The second kappa shape index (κ2) is 8.53. The first-order valence-electron chi connectivity index (χ1n) is 10.5. The number of para-hydroxylation sites is 3. The van der Waals surface area contributed by atoms with E-state index in [2.05, 4.69) is 24.4 Å². The first kappa shape index (κ1) is 21.5. The van der Waals surface area contributed by atoms with Crippen LogP contribution in [-0.4, -0.2) is 23.3 Å². The Kier molecular flexibility index (Phi) is 5.55. The van der Waals surface area contributed by atoms with Crippen molar-refractivity contribution in [3.05, 3.63) is 99.8 Å². The normalized spacial score (nSPS) is 11.9. The molecule has 0 aliphatic carbocycles. The van der Waals surface area contributed by atoms with Crippen LogP contribution in [0.1, 0.15) is 11.1 Å². The van der Waals surface area contributed by atoms with Gasteiger partial charge in [-0.25, -0.2) is 4.79 Å². The summed E-state index contributed by atoms with van der Waals surface area (Å²) < 4.78 is 34.6. The monoisotopic (exact) mass is 478 g/mol. The molecule has 0 spiro atoms. The lowest BCUT2D eigenvalue weighted by Crippen LogP contribution is -2.28. The maximum absolute atomic E-state index is 13.4. The summed E-state index contributed by atoms with van der Waals surface area (Å²) in [6.07, 6.45) is 0. The summed E-state index contributed by atoms with van der Waals surface area (Å²) in [5.41, 5.74) is 3.49. The van der Waals surface area contributed by atoms with Gasteiger partial charge < -0.3 is 4.18 Å². The molecule has 0 radical (unpaired) electrons. The second-order valence-electron chi connectivity index (χ2n) is 7.88. The SMILES string of the molecule is Cc1cccc2scc(Cn3c(=O)n(CCS(=O)(=O)Oc4ccccc4)c4ccccc43)c12. The third kappa shape index (κ3) is 4.19. The van der Waals surface area contributed by atoms with Gasteiger partial charge in [0.05, 0.1) is 17.6 Å². The molecular formula is C25H22N2O4S2. The van der Waals surface area contributed by atoms with Crippen molar-refractivity contribution in [3.63, 3.8) is 0 Å². The van der Waals surface area contributed by atoms with Gasteiger partial charge >= 0.3 is 15.8 Å². The Morgan fingerprint density at radius 1 is 0.879 bits per heavy atom. The van der Waals surface area contributed by atoms with Crippen LogP contribution >= 0.6 is 11.3 Å². The number of imidazole rings is 1. The molecule has 5 rings (SSSR count). The molecule has 168 valence electrons. The van der Waals surface area contributed by atoms with Crippen LogP contribution < -0.4 is 9.87 Å². The molecule has 0 saturated heterocycles. The van der Waals surface area contributed by atoms with Gasteiger partial charge in [-0.3, -0.25) is 9.13 Å². The van der Waals surface area contributed by atoms with Crippen molar-refractivity contribution in [1.82, 2.24) is 9.13 Å². The van der Waals surface area contributed by atoms with Gasteiger partial charge in [0.15, 0.2) is 0 Å². The number of hydrogen-bond donors (Lipinski definition) is 0. The molecule has 0 unspecified atom stereocenters. The predicted octanol–water partition coefficient (Wildman–Crippen LogP) is 4.78. The molecule has 33 heavy (non-hydrogen) atoms. The molecule has 5 aromatic rings. The molecule has 0 bridgehead atoms. The van der Waals surface area contributed by atoms with E-state index in [1.807, 2.05) is 30.3 Å². The largest absolute Gasteiger partial charge is 0.382 e. The van der Waals surface area contributed by atoms with E-state index in [4.69, 9.17) is 4.18 Å². The average Bonchev–Trinajstić information content (AvgIpc) is 3.33. The Hall–Kier alpha value is -3.36. The van der Waals surface area contributed by atoms with Gasteiger partial charge in [0.2, 0.25) is 0 Å². The van der Waals surface area contributed by atoms with Crippen molar-refractivity contribution < 1.29 is 12.6 Å². The number of aryl methyl sites for hydroxylation is 2. The van der Waals surface area contributed by atoms with Crippen molar-refractivity contribution in [1.29, 1.82) is 0 Å². The van der Waals surface area contributed by atoms with Crippen molar-refractivity contribution in [2.75, 3.05) is 5.75 Å². The van der Waals surface area contributed by atoms with Gasteiger partial charge in [-0.15, -0.1) is 11.3 Å². The van der Waals surface area contributed by atoms with Gasteiger partial charge in [0.1, 0.15) is 11.5 Å². The number of fused-ring (bicyclic) bond motifs is 2. The molecule has 0 aliphatic heterocycles. The highest BCUT2D eigenvalue weighted by atomic mass is 32.2. The number of nitrogens with zero attached hydrogens (tertiary/aromatic N) is 2. The molecule has 6 nitrogen and oxygen atoms in total. The Labute approximate surface area is 195 Å². The smallest absolute Gasteiger partial charge is 0.329 e. The van der Waals surface area contributed by atoms with Gasteiger partial charge in [-0.1, -0.05) is 42.5 Å². The minimum atomic E-state index is -3.86. The summed E-state index contributed by atoms with van der Waals surface area (Å²) >= 11 is 1.66. The Morgan fingerprint density at radius 2 is 1.58 bits per heavy atom. The summed E-state index contributed by atoms with van der Waals surface area (Å²) in [6.45, 7) is 2.50. The Morgan fingerprint density at radius 3 is 2.33 bits per heavy atom. The zero-order valence-corrected chi connectivity index (χ0v) is 19.6. The van der Waals surface area contributed by atoms with Crippen molar-refractivity contribution in [3.8, 4) is 5.75 Å². The van der Waals surface area contributed by atoms with Crippen LogP contribution in [0.3, 0.4) is 0 Å². The molecule has 0 N–H and O–H groups in total. The van der Waals surface area contributed by atoms with Crippen LogP contribution in [0.4, 0.5) is 0 Å². The van der Waals surface area contributed by atoms with E-state index < -0.39 is 10.1 Å². The fourth-order valence-corrected chi connectivity index (χ4v) is 6.06. The summed E-state index contributed by atoms with van der Waals surface area (Å²) in [5, 5.41) is 3.26. The van der Waals surface area contributed by atoms with Gasteiger partial charge in [0.25, 0.3) is 0 Å². The lowest BCUT2D eigenvalue weighted by atomic mass is 10.1.